The molecule has 2 aromatic rings. The molecule has 1 aromatic carbocycles. The molecule has 1 amide bonds. The number of fused-ring (bicyclic) bond motifs is 1. The first kappa shape index (κ1) is 17.9. The number of benzene rings is 1. The van der Waals surface area contributed by atoms with Gasteiger partial charge in [-0.2, -0.15) is 0 Å². The van der Waals surface area contributed by atoms with Crippen LogP contribution in [0, 0.1) is 19.8 Å². The minimum atomic E-state index is 0.0502. The summed E-state index contributed by atoms with van der Waals surface area (Å²) in [6, 6.07) is 6.29. The molecule has 1 unspecified atom stereocenters. The molecule has 3 rings (SSSR count). The number of carbonyl (C=O) groups excluding carboxylic acids is 1. The summed E-state index contributed by atoms with van der Waals surface area (Å²) in [5.41, 5.74) is 4.45. The molecular weight excluding hydrogens is 330 g/mol. The number of nitrogens with one attached hydrogen (secondary N) is 1. The Morgan fingerprint density at radius 1 is 1.32 bits per heavy atom. The zero-order valence-corrected chi connectivity index (χ0v) is 16.4. The highest BCUT2D eigenvalue weighted by atomic mass is 32.1. The van der Waals surface area contributed by atoms with E-state index in [-0.39, 0.29) is 11.8 Å². The third-order valence-corrected chi connectivity index (χ3v) is 6.05. The zero-order valence-electron chi connectivity index (χ0n) is 15.6. The molecule has 1 aromatic heterocycles. The number of carbonyl (C=O) groups is 1. The summed E-state index contributed by atoms with van der Waals surface area (Å²) in [7, 11) is 0. The number of aromatic nitrogens is 1. The third-order valence-electron chi connectivity index (χ3n) is 5.01. The molecule has 0 spiro atoms. The minimum Gasteiger partial charge on any atom is -0.372 e. The van der Waals surface area contributed by atoms with Gasteiger partial charge in [-0.15, -0.1) is 11.3 Å². The Morgan fingerprint density at radius 3 is 2.76 bits per heavy atom. The molecular formula is C20H27N3OS. The summed E-state index contributed by atoms with van der Waals surface area (Å²) in [6.45, 7) is 10.4. The van der Waals surface area contributed by atoms with Gasteiger partial charge in [0, 0.05) is 35.3 Å². The second-order valence-electron chi connectivity index (χ2n) is 6.70. The molecule has 4 nitrogen and oxygen atoms in total. The quantitative estimate of drug-likeness (QED) is 0.865. The maximum atomic E-state index is 12.7. The van der Waals surface area contributed by atoms with E-state index in [1.165, 1.54) is 16.3 Å². The minimum absolute atomic E-state index is 0.0502. The predicted molar refractivity (Wildman–Crippen MR) is 106 cm³/mol. The van der Waals surface area contributed by atoms with E-state index < -0.39 is 0 Å². The molecule has 0 aliphatic heterocycles. The highest BCUT2D eigenvalue weighted by molar-refractivity contribution is 7.11. The first-order chi connectivity index (χ1) is 12.0. The van der Waals surface area contributed by atoms with Crippen LogP contribution in [0.25, 0.3) is 0 Å². The van der Waals surface area contributed by atoms with E-state index in [0.717, 1.165) is 48.6 Å². The number of nitrogens with zero attached hydrogens (tertiary/aromatic N) is 2. The van der Waals surface area contributed by atoms with Gasteiger partial charge in [0.25, 0.3) is 0 Å². The third kappa shape index (κ3) is 3.87. The van der Waals surface area contributed by atoms with Gasteiger partial charge in [-0.3, -0.25) is 4.79 Å². The van der Waals surface area contributed by atoms with Crippen LogP contribution < -0.4 is 10.2 Å². The summed E-state index contributed by atoms with van der Waals surface area (Å²) < 4.78 is 0. The number of hydrogen-bond donors (Lipinski definition) is 1. The second kappa shape index (κ2) is 7.56. The lowest BCUT2D eigenvalue weighted by atomic mass is 9.90. The molecule has 0 fully saturated rings. The number of amides is 1. The second-order valence-corrected chi connectivity index (χ2v) is 7.99. The van der Waals surface area contributed by atoms with E-state index in [1.54, 1.807) is 11.3 Å². The molecule has 134 valence electrons. The van der Waals surface area contributed by atoms with Crippen molar-refractivity contribution in [3.8, 4) is 0 Å². The van der Waals surface area contributed by atoms with Crippen molar-refractivity contribution >= 4 is 28.6 Å². The van der Waals surface area contributed by atoms with Crippen LogP contribution in [-0.4, -0.2) is 24.0 Å². The standard InChI is InChI=1S/C20H27N3OS/c1-5-23(6-2)16-8-10-17(13(3)11-16)22-20(24)15-7-9-18-19(12-15)25-14(4)21-18/h8,10-11,15H,5-7,9,12H2,1-4H3,(H,22,24). The summed E-state index contributed by atoms with van der Waals surface area (Å²) in [4.78, 5) is 20.9. The van der Waals surface area contributed by atoms with Gasteiger partial charge >= 0.3 is 0 Å². The molecule has 5 heteroatoms. The van der Waals surface area contributed by atoms with Crippen LogP contribution in [0.2, 0.25) is 0 Å². The van der Waals surface area contributed by atoms with Crippen LogP contribution in [0.1, 0.15) is 41.4 Å². The molecule has 1 N–H and O–H groups in total. The van der Waals surface area contributed by atoms with Crippen LogP contribution in [-0.2, 0) is 17.6 Å². The van der Waals surface area contributed by atoms with Crippen molar-refractivity contribution in [1.82, 2.24) is 4.98 Å². The van der Waals surface area contributed by atoms with Gasteiger partial charge < -0.3 is 10.2 Å². The predicted octanol–water partition coefficient (Wildman–Crippen LogP) is 4.35. The highest BCUT2D eigenvalue weighted by Crippen LogP contribution is 2.31. The summed E-state index contributed by atoms with van der Waals surface area (Å²) >= 11 is 1.73. The molecule has 0 bridgehead atoms. The van der Waals surface area contributed by atoms with E-state index in [4.69, 9.17) is 0 Å². The molecule has 0 saturated carbocycles. The van der Waals surface area contributed by atoms with E-state index in [9.17, 15) is 4.79 Å². The van der Waals surface area contributed by atoms with Crippen molar-refractivity contribution in [3.05, 3.63) is 39.3 Å². The first-order valence-corrected chi connectivity index (χ1v) is 9.95. The average molecular weight is 358 g/mol. The Morgan fingerprint density at radius 2 is 2.08 bits per heavy atom. The number of aryl methyl sites for hydroxylation is 3. The number of rotatable bonds is 5. The molecule has 1 atom stereocenters. The van der Waals surface area contributed by atoms with Gasteiger partial charge in [-0.1, -0.05) is 0 Å². The highest BCUT2D eigenvalue weighted by Gasteiger charge is 2.27. The molecule has 1 aliphatic rings. The largest absolute Gasteiger partial charge is 0.372 e. The lowest BCUT2D eigenvalue weighted by Gasteiger charge is -2.23. The molecule has 25 heavy (non-hydrogen) atoms. The van der Waals surface area contributed by atoms with Gasteiger partial charge in [0.15, 0.2) is 0 Å². The van der Waals surface area contributed by atoms with Gasteiger partial charge in [-0.25, -0.2) is 4.98 Å². The van der Waals surface area contributed by atoms with Crippen molar-refractivity contribution in [3.63, 3.8) is 0 Å². The van der Waals surface area contributed by atoms with Crippen molar-refractivity contribution in [2.45, 2.75) is 47.0 Å². The van der Waals surface area contributed by atoms with Crippen LogP contribution in [0.15, 0.2) is 18.2 Å². The Bertz CT molecular complexity index is 764. The summed E-state index contributed by atoms with van der Waals surface area (Å²) in [5.74, 6) is 0.185. The topological polar surface area (TPSA) is 45.2 Å². The molecule has 0 saturated heterocycles. The summed E-state index contributed by atoms with van der Waals surface area (Å²) in [5, 5.41) is 4.25. The van der Waals surface area contributed by atoms with Gasteiger partial charge in [0.1, 0.15) is 0 Å². The lowest BCUT2D eigenvalue weighted by Crippen LogP contribution is -2.28. The smallest absolute Gasteiger partial charge is 0.227 e. The molecule has 0 radical (unpaired) electrons. The van der Waals surface area contributed by atoms with Crippen molar-refractivity contribution in [2.75, 3.05) is 23.3 Å². The van der Waals surface area contributed by atoms with Crippen LogP contribution in [0.3, 0.4) is 0 Å². The van der Waals surface area contributed by atoms with Gasteiger partial charge in [0.05, 0.1) is 10.7 Å². The maximum Gasteiger partial charge on any atom is 0.227 e. The fourth-order valence-corrected chi connectivity index (χ4v) is 4.60. The monoisotopic (exact) mass is 357 g/mol. The van der Waals surface area contributed by atoms with Gasteiger partial charge in [0.2, 0.25) is 5.91 Å². The fraction of sp³-hybridized carbons (Fsp3) is 0.500. The first-order valence-electron chi connectivity index (χ1n) is 9.13. The fourth-order valence-electron chi connectivity index (χ4n) is 3.54. The summed E-state index contributed by atoms with van der Waals surface area (Å²) in [6.07, 6.45) is 2.62. The normalized spacial score (nSPS) is 16.4. The van der Waals surface area contributed by atoms with E-state index in [0.29, 0.717) is 0 Å². The van der Waals surface area contributed by atoms with Crippen LogP contribution >= 0.6 is 11.3 Å². The van der Waals surface area contributed by atoms with Crippen molar-refractivity contribution in [2.24, 2.45) is 5.92 Å². The molecule has 1 heterocycles. The lowest BCUT2D eigenvalue weighted by molar-refractivity contribution is -0.120. The Kier molecular flexibility index (Phi) is 5.42. The van der Waals surface area contributed by atoms with Gasteiger partial charge in [-0.05, 0) is 70.7 Å². The van der Waals surface area contributed by atoms with Crippen molar-refractivity contribution in [1.29, 1.82) is 0 Å². The van der Waals surface area contributed by atoms with E-state index in [2.05, 4.69) is 48.1 Å². The van der Waals surface area contributed by atoms with E-state index in [1.807, 2.05) is 13.0 Å². The Labute approximate surface area is 154 Å². The average Bonchev–Trinajstić information content (AvgIpc) is 2.97. The number of anilines is 2. The SMILES string of the molecule is CCN(CC)c1ccc(NC(=O)C2CCc3nc(C)sc3C2)c(C)c1. The molecule has 1 aliphatic carbocycles. The number of hydrogen-bond acceptors (Lipinski definition) is 4. The maximum absolute atomic E-state index is 12.7. The van der Waals surface area contributed by atoms with Crippen LogP contribution in [0.4, 0.5) is 11.4 Å². The van der Waals surface area contributed by atoms with E-state index >= 15 is 0 Å². The Hall–Kier alpha value is -1.88. The Balaban J connectivity index is 1.69. The zero-order chi connectivity index (χ0) is 18.0. The number of thiazole rings is 1. The van der Waals surface area contributed by atoms with Crippen molar-refractivity contribution < 1.29 is 4.79 Å². The van der Waals surface area contributed by atoms with Crippen LogP contribution in [0.5, 0.6) is 0 Å².